The molecule has 1 amide bonds. The molecule has 3 aromatic carbocycles. The molecule has 0 bridgehead atoms. The quantitative estimate of drug-likeness (QED) is 0.304. The Morgan fingerprint density at radius 3 is 2.28 bits per heavy atom. The fourth-order valence-electron chi connectivity index (χ4n) is 3.31. The number of anilines is 1. The molecule has 4 nitrogen and oxygen atoms in total. The zero-order chi connectivity index (χ0) is 22.3. The van der Waals surface area contributed by atoms with E-state index in [1.165, 1.54) is 16.9 Å². The molecule has 0 unspecified atom stereocenters. The van der Waals surface area contributed by atoms with Gasteiger partial charge < -0.3 is 4.74 Å². The normalized spacial score (nSPS) is 10.7. The first-order valence-corrected chi connectivity index (χ1v) is 11.7. The van der Waals surface area contributed by atoms with Gasteiger partial charge in [0, 0.05) is 15.5 Å². The predicted molar refractivity (Wildman–Crippen MR) is 133 cm³/mol. The molecule has 0 aliphatic heterocycles. The number of thiazole rings is 1. The number of hydrogen-bond donors (Lipinski definition) is 1. The Kier molecular flexibility index (Phi) is 7.20. The van der Waals surface area contributed by atoms with Crippen LogP contribution in [0.15, 0.2) is 78.9 Å². The van der Waals surface area contributed by atoms with Gasteiger partial charge in [-0.3, -0.25) is 10.1 Å². The van der Waals surface area contributed by atoms with Gasteiger partial charge in [0.25, 0.3) is 5.91 Å². The SMILES string of the molecule is CCCc1sc(NC(=O)COc2ccc(Cl)cc2)nc1-c1ccc(-c2ccccc2)cc1. The van der Waals surface area contributed by atoms with E-state index in [0.29, 0.717) is 15.9 Å². The third kappa shape index (κ3) is 5.55. The molecular weight excluding hydrogens is 440 g/mol. The van der Waals surface area contributed by atoms with Crippen LogP contribution >= 0.6 is 22.9 Å². The van der Waals surface area contributed by atoms with Crippen LogP contribution < -0.4 is 10.1 Å². The molecule has 0 aliphatic carbocycles. The van der Waals surface area contributed by atoms with Crippen molar-refractivity contribution in [3.8, 4) is 28.1 Å². The van der Waals surface area contributed by atoms with Crippen molar-refractivity contribution >= 4 is 34.0 Å². The lowest BCUT2D eigenvalue weighted by atomic mass is 10.0. The van der Waals surface area contributed by atoms with E-state index in [9.17, 15) is 4.79 Å². The summed E-state index contributed by atoms with van der Waals surface area (Å²) in [4.78, 5) is 18.3. The minimum Gasteiger partial charge on any atom is -0.484 e. The van der Waals surface area contributed by atoms with Crippen LogP contribution in [0.4, 0.5) is 5.13 Å². The van der Waals surface area contributed by atoms with Gasteiger partial charge in [0.05, 0.1) is 5.69 Å². The Labute approximate surface area is 196 Å². The molecule has 1 aromatic heterocycles. The maximum atomic E-state index is 12.4. The van der Waals surface area contributed by atoms with Crippen LogP contribution in [0.5, 0.6) is 5.75 Å². The second-order valence-electron chi connectivity index (χ2n) is 7.27. The maximum Gasteiger partial charge on any atom is 0.264 e. The number of carbonyl (C=O) groups is 1. The molecular formula is C26H23ClN2O2S. The number of aromatic nitrogens is 1. The van der Waals surface area contributed by atoms with Crippen LogP contribution in [0.3, 0.4) is 0 Å². The van der Waals surface area contributed by atoms with Crippen LogP contribution in [0.1, 0.15) is 18.2 Å². The number of halogens is 1. The monoisotopic (exact) mass is 462 g/mol. The Balaban J connectivity index is 1.47. The third-order valence-corrected chi connectivity index (χ3v) is 6.15. The zero-order valence-corrected chi connectivity index (χ0v) is 19.2. The van der Waals surface area contributed by atoms with Crippen LogP contribution in [0.25, 0.3) is 22.4 Å². The highest BCUT2D eigenvalue weighted by molar-refractivity contribution is 7.16. The molecule has 32 heavy (non-hydrogen) atoms. The lowest BCUT2D eigenvalue weighted by Gasteiger charge is -2.05. The average Bonchev–Trinajstić information content (AvgIpc) is 3.21. The van der Waals surface area contributed by atoms with Gasteiger partial charge in [-0.15, -0.1) is 11.3 Å². The summed E-state index contributed by atoms with van der Waals surface area (Å²) in [5, 5.41) is 4.07. The van der Waals surface area contributed by atoms with Crippen LogP contribution in [0, 0.1) is 0 Å². The summed E-state index contributed by atoms with van der Waals surface area (Å²) in [6.45, 7) is 2.05. The number of rotatable bonds is 8. The van der Waals surface area contributed by atoms with E-state index in [-0.39, 0.29) is 12.5 Å². The summed E-state index contributed by atoms with van der Waals surface area (Å²) in [5.74, 6) is 0.345. The summed E-state index contributed by atoms with van der Waals surface area (Å²) in [6, 6.07) is 25.6. The van der Waals surface area contributed by atoms with E-state index in [0.717, 1.165) is 34.5 Å². The molecule has 0 atom stereocenters. The van der Waals surface area contributed by atoms with E-state index in [1.54, 1.807) is 24.3 Å². The van der Waals surface area contributed by atoms with Gasteiger partial charge in [0.1, 0.15) is 5.75 Å². The number of aryl methyl sites for hydroxylation is 1. The first-order chi connectivity index (χ1) is 15.6. The molecule has 0 spiro atoms. The van der Waals surface area contributed by atoms with E-state index >= 15 is 0 Å². The summed E-state index contributed by atoms with van der Waals surface area (Å²) in [6.07, 6.45) is 1.91. The lowest BCUT2D eigenvalue weighted by molar-refractivity contribution is -0.118. The highest BCUT2D eigenvalue weighted by atomic mass is 35.5. The number of ether oxygens (including phenoxy) is 1. The van der Waals surface area contributed by atoms with Crippen LogP contribution in [-0.2, 0) is 11.2 Å². The van der Waals surface area contributed by atoms with Crippen LogP contribution in [0.2, 0.25) is 5.02 Å². The maximum absolute atomic E-state index is 12.4. The van der Waals surface area contributed by atoms with Crippen molar-refractivity contribution in [2.45, 2.75) is 19.8 Å². The molecule has 0 saturated heterocycles. The van der Waals surface area contributed by atoms with Crippen LogP contribution in [-0.4, -0.2) is 17.5 Å². The molecule has 0 fully saturated rings. The molecule has 6 heteroatoms. The van der Waals surface area contributed by atoms with E-state index in [1.807, 2.05) is 18.2 Å². The van der Waals surface area contributed by atoms with Gasteiger partial charge in [0.15, 0.2) is 11.7 Å². The van der Waals surface area contributed by atoms with E-state index in [2.05, 4.69) is 48.6 Å². The van der Waals surface area contributed by atoms with Crippen molar-refractivity contribution in [3.05, 3.63) is 88.8 Å². The number of benzene rings is 3. The average molecular weight is 463 g/mol. The largest absolute Gasteiger partial charge is 0.484 e. The predicted octanol–water partition coefficient (Wildman–Crippen LogP) is 7.10. The van der Waals surface area contributed by atoms with Crippen molar-refractivity contribution in [1.82, 2.24) is 4.98 Å². The minimum absolute atomic E-state index is 0.0918. The van der Waals surface area contributed by atoms with Crippen molar-refractivity contribution < 1.29 is 9.53 Å². The summed E-state index contributed by atoms with van der Waals surface area (Å²) in [7, 11) is 0. The fraction of sp³-hybridized carbons (Fsp3) is 0.154. The molecule has 4 rings (SSSR count). The zero-order valence-electron chi connectivity index (χ0n) is 17.7. The van der Waals surface area contributed by atoms with Gasteiger partial charge in [-0.1, -0.05) is 79.5 Å². The Morgan fingerprint density at radius 1 is 0.938 bits per heavy atom. The van der Waals surface area contributed by atoms with Gasteiger partial charge in [-0.05, 0) is 41.8 Å². The van der Waals surface area contributed by atoms with Gasteiger partial charge in [-0.2, -0.15) is 0 Å². The number of nitrogens with zero attached hydrogens (tertiary/aromatic N) is 1. The van der Waals surface area contributed by atoms with Gasteiger partial charge in [-0.25, -0.2) is 4.98 Å². The standard InChI is InChI=1S/C26H23ClN2O2S/c1-2-6-23-25(20-11-9-19(10-12-20)18-7-4-3-5-8-18)29-26(32-23)28-24(30)17-31-22-15-13-21(27)14-16-22/h3-5,7-16H,2,6,17H2,1H3,(H,28,29,30). The third-order valence-electron chi connectivity index (χ3n) is 4.87. The molecule has 162 valence electrons. The Morgan fingerprint density at radius 2 is 1.59 bits per heavy atom. The molecule has 4 aromatic rings. The Hall–Kier alpha value is -3.15. The molecule has 0 radical (unpaired) electrons. The second kappa shape index (κ2) is 10.4. The highest BCUT2D eigenvalue weighted by Gasteiger charge is 2.15. The number of nitrogens with one attached hydrogen (secondary N) is 1. The van der Waals surface area contributed by atoms with E-state index in [4.69, 9.17) is 21.3 Å². The second-order valence-corrected chi connectivity index (χ2v) is 8.80. The molecule has 0 aliphatic rings. The number of hydrogen-bond acceptors (Lipinski definition) is 4. The van der Waals surface area contributed by atoms with Crippen molar-refractivity contribution in [1.29, 1.82) is 0 Å². The molecule has 0 saturated carbocycles. The number of carbonyl (C=O) groups excluding carboxylic acids is 1. The summed E-state index contributed by atoms with van der Waals surface area (Å²) >= 11 is 7.39. The summed E-state index contributed by atoms with van der Waals surface area (Å²) < 4.78 is 5.53. The topological polar surface area (TPSA) is 51.2 Å². The Bertz CT molecular complexity index is 1170. The molecule has 1 N–H and O–H groups in total. The first kappa shape index (κ1) is 22.1. The summed E-state index contributed by atoms with van der Waals surface area (Å²) in [5.41, 5.74) is 4.31. The minimum atomic E-state index is -0.247. The van der Waals surface area contributed by atoms with Gasteiger partial charge >= 0.3 is 0 Å². The highest BCUT2D eigenvalue weighted by Crippen LogP contribution is 2.33. The van der Waals surface area contributed by atoms with Crippen molar-refractivity contribution in [2.75, 3.05) is 11.9 Å². The van der Waals surface area contributed by atoms with Gasteiger partial charge in [0.2, 0.25) is 0 Å². The first-order valence-electron chi connectivity index (χ1n) is 10.5. The lowest BCUT2D eigenvalue weighted by Crippen LogP contribution is -2.20. The molecule has 1 heterocycles. The van der Waals surface area contributed by atoms with Crippen molar-refractivity contribution in [2.24, 2.45) is 0 Å². The fourth-order valence-corrected chi connectivity index (χ4v) is 4.54. The van der Waals surface area contributed by atoms with Crippen molar-refractivity contribution in [3.63, 3.8) is 0 Å². The van der Waals surface area contributed by atoms with E-state index < -0.39 is 0 Å². The smallest absolute Gasteiger partial charge is 0.264 e. The number of amides is 1.